The zero-order valence-electron chi connectivity index (χ0n) is 16.5. The number of nitrogens with one attached hydrogen (secondary N) is 1. The fraction of sp³-hybridized carbons (Fsp3) is 0.304. The van der Waals surface area contributed by atoms with E-state index in [2.05, 4.69) is 16.3 Å². The van der Waals surface area contributed by atoms with Crippen LogP contribution < -0.4 is 5.32 Å². The van der Waals surface area contributed by atoms with Crippen molar-refractivity contribution in [2.45, 2.75) is 32.0 Å². The van der Waals surface area contributed by atoms with Gasteiger partial charge in [-0.1, -0.05) is 18.2 Å². The highest BCUT2D eigenvalue weighted by Crippen LogP contribution is 2.42. The number of esters is 1. The number of ether oxygens (including phenoxy) is 2. The topological polar surface area (TPSA) is 67.9 Å². The number of methoxy groups -OCH3 is 1. The maximum atomic E-state index is 13.8. The van der Waals surface area contributed by atoms with Crippen molar-refractivity contribution < 1.29 is 23.5 Å². The first-order valence-electron chi connectivity index (χ1n) is 9.97. The quantitative estimate of drug-likeness (QED) is 0.624. The smallest absolute Gasteiger partial charge is 0.323 e. The molecule has 0 aliphatic carbocycles. The van der Waals surface area contributed by atoms with Gasteiger partial charge in [0.25, 0.3) is 5.91 Å². The summed E-state index contributed by atoms with van der Waals surface area (Å²) < 4.78 is 24.6. The van der Waals surface area contributed by atoms with E-state index < -0.39 is 5.82 Å². The average molecular weight is 408 g/mol. The molecular weight excluding hydrogens is 387 g/mol. The summed E-state index contributed by atoms with van der Waals surface area (Å²) in [7, 11) is 1.42. The molecular formula is C23H21FN2O4. The summed E-state index contributed by atoms with van der Waals surface area (Å²) in [6, 6.07) is 10.0. The number of benzene rings is 2. The molecule has 1 fully saturated rings. The van der Waals surface area contributed by atoms with Crippen molar-refractivity contribution in [3.63, 3.8) is 0 Å². The lowest BCUT2D eigenvalue weighted by molar-refractivity contribution is -0.146. The van der Waals surface area contributed by atoms with Crippen LogP contribution in [0.3, 0.4) is 0 Å². The monoisotopic (exact) mass is 408 g/mol. The van der Waals surface area contributed by atoms with Crippen LogP contribution in [0.5, 0.6) is 0 Å². The Bertz CT molecular complexity index is 1090. The normalized spacial score (nSPS) is 22.5. The number of amides is 1. The zero-order valence-corrected chi connectivity index (χ0v) is 16.5. The SMILES string of the molecule is COC(=O)[C@@H]1CCCN1Cc1ccc2c(c1)CO/C2=C1/C(=O)Nc2ccc(F)cc21. The molecule has 0 bridgehead atoms. The predicted octanol–water partition coefficient (Wildman–Crippen LogP) is 3.31. The Morgan fingerprint density at radius 2 is 2.13 bits per heavy atom. The lowest BCUT2D eigenvalue weighted by atomic mass is 9.99. The van der Waals surface area contributed by atoms with Gasteiger partial charge in [0, 0.05) is 28.9 Å². The van der Waals surface area contributed by atoms with Crippen LogP contribution in [0.4, 0.5) is 10.1 Å². The summed E-state index contributed by atoms with van der Waals surface area (Å²) in [5, 5.41) is 2.77. The first-order chi connectivity index (χ1) is 14.5. The third kappa shape index (κ3) is 3.06. The van der Waals surface area contributed by atoms with Gasteiger partial charge in [0.05, 0.1) is 12.7 Å². The third-order valence-corrected chi connectivity index (χ3v) is 5.96. The van der Waals surface area contributed by atoms with Crippen molar-refractivity contribution in [3.8, 4) is 0 Å². The van der Waals surface area contributed by atoms with Gasteiger partial charge in [-0.15, -0.1) is 0 Å². The first kappa shape index (κ1) is 18.8. The molecule has 0 saturated carbocycles. The van der Waals surface area contributed by atoms with Crippen LogP contribution in [0, 0.1) is 5.82 Å². The summed E-state index contributed by atoms with van der Waals surface area (Å²) >= 11 is 0. The van der Waals surface area contributed by atoms with E-state index in [1.165, 1.54) is 19.2 Å². The fourth-order valence-corrected chi connectivity index (χ4v) is 4.54. The van der Waals surface area contributed by atoms with E-state index in [1.54, 1.807) is 6.07 Å². The molecule has 30 heavy (non-hydrogen) atoms. The minimum atomic E-state index is -0.400. The number of carbonyl (C=O) groups excluding carboxylic acids is 2. The third-order valence-electron chi connectivity index (χ3n) is 5.96. The van der Waals surface area contributed by atoms with Crippen molar-refractivity contribution in [1.82, 2.24) is 4.90 Å². The Labute approximate surface area is 173 Å². The van der Waals surface area contributed by atoms with E-state index >= 15 is 0 Å². The van der Waals surface area contributed by atoms with E-state index in [0.29, 0.717) is 35.7 Å². The number of likely N-dealkylation sites (tertiary alicyclic amines) is 1. The summed E-state index contributed by atoms with van der Waals surface area (Å²) in [6.45, 7) is 1.85. The number of fused-ring (bicyclic) bond motifs is 2. The Kier molecular flexibility index (Phi) is 4.55. The van der Waals surface area contributed by atoms with Crippen molar-refractivity contribution >= 4 is 28.9 Å². The fourth-order valence-electron chi connectivity index (χ4n) is 4.54. The molecule has 3 aliphatic rings. The standard InChI is InChI=1S/C23H21FN2O4/c1-29-23(28)19-3-2-8-26(19)11-13-4-6-16-14(9-13)12-30-21(16)20-17-10-15(24)5-7-18(17)25-22(20)27/h4-7,9-10,19H,2-3,8,11-12H2,1H3,(H,25,27)/b21-20+/t19-/m0/s1. The Morgan fingerprint density at radius 3 is 2.97 bits per heavy atom. The summed E-state index contributed by atoms with van der Waals surface area (Å²) in [5.41, 5.74) is 4.35. The van der Waals surface area contributed by atoms with Crippen LogP contribution in [0.1, 0.15) is 35.1 Å². The van der Waals surface area contributed by atoms with Gasteiger partial charge in [-0.05, 0) is 43.1 Å². The van der Waals surface area contributed by atoms with Crippen molar-refractivity contribution in [2.75, 3.05) is 19.0 Å². The van der Waals surface area contributed by atoms with Gasteiger partial charge in [0.2, 0.25) is 0 Å². The minimum Gasteiger partial charge on any atom is -0.487 e. The predicted molar refractivity (Wildman–Crippen MR) is 109 cm³/mol. The molecule has 2 aromatic rings. The summed E-state index contributed by atoms with van der Waals surface area (Å²) in [6.07, 6.45) is 1.77. The number of halogens is 1. The molecule has 2 aromatic carbocycles. The molecule has 1 N–H and O–H groups in total. The maximum absolute atomic E-state index is 13.8. The number of hydrogen-bond donors (Lipinski definition) is 1. The first-order valence-corrected chi connectivity index (χ1v) is 9.97. The molecule has 0 aromatic heterocycles. The molecule has 1 atom stereocenters. The second-order valence-corrected chi connectivity index (χ2v) is 7.78. The van der Waals surface area contributed by atoms with E-state index in [4.69, 9.17) is 9.47 Å². The molecule has 1 amide bonds. The molecule has 3 heterocycles. The lowest BCUT2D eigenvalue weighted by Gasteiger charge is -2.22. The van der Waals surface area contributed by atoms with Crippen LogP contribution in [0.25, 0.3) is 11.3 Å². The van der Waals surface area contributed by atoms with Crippen LogP contribution >= 0.6 is 0 Å². The molecule has 154 valence electrons. The van der Waals surface area contributed by atoms with E-state index in [0.717, 1.165) is 36.1 Å². The van der Waals surface area contributed by atoms with Crippen molar-refractivity contribution in [1.29, 1.82) is 0 Å². The van der Waals surface area contributed by atoms with Gasteiger partial charge in [-0.25, -0.2) is 4.39 Å². The van der Waals surface area contributed by atoms with Gasteiger partial charge in [-0.3, -0.25) is 14.5 Å². The molecule has 3 aliphatic heterocycles. The molecule has 0 unspecified atom stereocenters. The zero-order chi connectivity index (χ0) is 20.8. The average Bonchev–Trinajstić information content (AvgIpc) is 3.43. The van der Waals surface area contributed by atoms with E-state index in [1.807, 2.05) is 12.1 Å². The number of nitrogens with zero attached hydrogens (tertiary/aromatic N) is 1. The van der Waals surface area contributed by atoms with Gasteiger partial charge < -0.3 is 14.8 Å². The molecule has 1 saturated heterocycles. The Balaban J connectivity index is 1.45. The lowest BCUT2D eigenvalue weighted by Crippen LogP contribution is -2.36. The summed E-state index contributed by atoms with van der Waals surface area (Å²) in [5.74, 6) is -0.405. The Hall–Kier alpha value is -3.19. The van der Waals surface area contributed by atoms with Gasteiger partial charge in [-0.2, -0.15) is 0 Å². The highest BCUT2D eigenvalue weighted by Gasteiger charge is 2.34. The molecule has 5 rings (SSSR count). The largest absolute Gasteiger partial charge is 0.487 e. The second kappa shape index (κ2) is 7.25. The minimum absolute atomic E-state index is 0.192. The van der Waals surface area contributed by atoms with Crippen LogP contribution in [0.2, 0.25) is 0 Å². The second-order valence-electron chi connectivity index (χ2n) is 7.78. The van der Waals surface area contributed by atoms with Gasteiger partial charge in [0.1, 0.15) is 24.2 Å². The molecule has 6 nitrogen and oxygen atoms in total. The van der Waals surface area contributed by atoms with Crippen molar-refractivity contribution in [3.05, 3.63) is 64.5 Å². The summed E-state index contributed by atoms with van der Waals surface area (Å²) in [4.78, 5) is 26.7. The van der Waals surface area contributed by atoms with E-state index in [-0.39, 0.29) is 17.9 Å². The molecule has 0 radical (unpaired) electrons. The highest BCUT2D eigenvalue weighted by molar-refractivity contribution is 6.36. The van der Waals surface area contributed by atoms with Crippen LogP contribution in [0.15, 0.2) is 36.4 Å². The number of rotatable bonds is 3. The number of carbonyl (C=O) groups is 2. The Morgan fingerprint density at radius 1 is 1.27 bits per heavy atom. The van der Waals surface area contributed by atoms with Crippen LogP contribution in [-0.4, -0.2) is 36.5 Å². The van der Waals surface area contributed by atoms with Gasteiger partial charge >= 0.3 is 5.97 Å². The number of hydrogen-bond acceptors (Lipinski definition) is 5. The molecule has 7 heteroatoms. The highest BCUT2D eigenvalue weighted by atomic mass is 19.1. The van der Waals surface area contributed by atoms with E-state index in [9.17, 15) is 14.0 Å². The maximum Gasteiger partial charge on any atom is 0.323 e. The number of anilines is 1. The van der Waals surface area contributed by atoms with Crippen molar-refractivity contribution in [2.24, 2.45) is 0 Å². The molecule has 0 spiro atoms. The van der Waals surface area contributed by atoms with Crippen LogP contribution in [-0.2, 0) is 32.2 Å². The van der Waals surface area contributed by atoms with Gasteiger partial charge in [0.15, 0.2) is 0 Å².